The van der Waals surface area contributed by atoms with Crippen LogP contribution in [0.4, 0.5) is 0 Å². The molecule has 0 spiro atoms. The van der Waals surface area contributed by atoms with Gasteiger partial charge in [0.25, 0.3) is 0 Å². The van der Waals surface area contributed by atoms with Gasteiger partial charge in [-0.05, 0) is 12.8 Å². The molecule has 1 heterocycles. The summed E-state index contributed by atoms with van der Waals surface area (Å²) in [7, 11) is 2.01. The van der Waals surface area contributed by atoms with Gasteiger partial charge in [0.05, 0.1) is 18.4 Å². The lowest BCUT2D eigenvalue weighted by Gasteiger charge is -2.16. The maximum atomic E-state index is 8.97. The quantitative estimate of drug-likeness (QED) is 0.595. The van der Waals surface area contributed by atoms with E-state index in [0.29, 0.717) is 12.0 Å². The fourth-order valence-corrected chi connectivity index (χ4v) is 2.28. The summed E-state index contributed by atoms with van der Waals surface area (Å²) in [6.45, 7) is 0.144. The van der Waals surface area contributed by atoms with Gasteiger partial charge in [0.2, 0.25) is 0 Å². The largest absolute Gasteiger partial charge is 0.390 e. The third-order valence-corrected chi connectivity index (χ3v) is 2.84. The lowest BCUT2D eigenvalue weighted by Crippen LogP contribution is -2.26. The van der Waals surface area contributed by atoms with E-state index in [9.17, 15) is 0 Å². The van der Waals surface area contributed by atoms with Crippen LogP contribution < -0.4 is 0 Å². The van der Waals surface area contributed by atoms with Crippen LogP contribution in [0.2, 0.25) is 0 Å². The third-order valence-electron chi connectivity index (χ3n) is 2.84. The van der Waals surface area contributed by atoms with Crippen LogP contribution in [0.1, 0.15) is 19.3 Å². The van der Waals surface area contributed by atoms with Crippen LogP contribution in [0.3, 0.4) is 0 Å². The van der Waals surface area contributed by atoms with Crippen molar-refractivity contribution < 1.29 is 5.11 Å². The first-order chi connectivity index (χ1) is 5.33. The molecule has 0 radical (unpaired) electrons. The van der Waals surface area contributed by atoms with E-state index in [1.54, 1.807) is 0 Å². The predicted molar refractivity (Wildman–Crippen MR) is 43.4 cm³/mol. The first kappa shape index (κ1) is 7.10. The number of fused-ring (bicyclic) bond motifs is 1. The standard InChI is InChI=1S/C8H14N2O/c1-10-8-4-2-3-6(8)7(5-11)9-10/h6,8,11H,2-5H2,1H3. The van der Waals surface area contributed by atoms with Crippen molar-refractivity contribution in [1.82, 2.24) is 5.01 Å². The molecule has 0 saturated heterocycles. The molecular weight excluding hydrogens is 140 g/mol. The molecule has 62 valence electrons. The number of nitrogens with zero attached hydrogens (tertiary/aromatic N) is 2. The van der Waals surface area contributed by atoms with Crippen molar-refractivity contribution in [3.63, 3.8) is 0 Å². The molecule has 0 aromatic rings. The Balaban J connectivity index is 2.17. The highest BCUT2D eigenvalue weighted by atomic mass is 16.3. The predicted octanol–water partition coefficient (Wildman–Crippen LogP) is 0.449. The van der Waals surface area contributed by atoms with Crippen molar-refractivity contribution in [3.8, 4) is 0 Å². The molecule has 1 aliphatic heterocycles. The van der Waals surface area contributed by atoms with Gasteiger partial charge in [0.1, 0.15) is 0 Å². The fourth-order valence-electron chi connectivity index (χ4n) is 2.28. The van der Waals surface area contributed by atoms with Crippen molar-refractivity contribution in [2.24, 2.45) is 11.0 Å². The minimum atomic E-state index is 0.144. The maximum absolute atomic E-state index is 8.97. The molecule has 0 amide bonds. The fraction of sp³-hybridized carbons (Fsp3) is 0.875. The van der Waals surface area contributed by atoms with E-state index in [-0.39, 0.29) is 6.61 Å². The van der Waals surface area contributed by atoms with Crippen molar-refractivity contribution >= 4 is 5.71 Å². The van der Waals surface area contributed by atoms with Crippen molar-refractivity contribution in [2.45, 2.75) is 25.3 Å². The van der Waals surface area contributed by atoms with Crippen LogP contribution in [-0.2, 0) is 0 Å². The summed E-state index contributed by atoms with van der Waals surface area (Å²) in [6, 6.07) is 0.595. The summed E-state index contributed by atoms with van der Waals surface area (Å²) in [6.07, 6.45) is 3.75. The zero-order chi connectivity index (χ0) is 7.84. The van der Waals surface area contributed by atoms with Crippen LogP contribution in [-0.4, -0.2) is 35.5 Å². The lowest BCUT2D eigenvalue weighted by molar-refractivity contribution is 0.265. The van der Waals surface area contributed by atoms with Gasteiger partial charge in [-0.3, -0.25) is 5.01 Å². The molecule has 0 aromatic heterocycles. The molecule has 11 heavy (non-hydrogen) atoms. The third kappa shape index (κ3) is 0.948. The second kappa shape index (κ2) is 2.48. The Labute approximate surface area is 66.7 Å². The molecule has 3 heteroatoms. The van der Waals surface area contributed by atoms with E-state index in [0.717, 1.165) is 5.71 Å². The normalized spacial score (nSPS) is 35.8. The Hall–Kier alpha value is -0.570. The maximum Gasteiger partial charge on any atom is 0.0835 e. The van der Waals surface area contributed by atoms with Gasteiger partial charge >= 0.3 is 0 Å². The summed E-state index contributed by atoms with van der Waals surface area (Å²) in [5, 5.41) is 15.3. The monoisotopic (exact) mass is 154 g/mol. The highest BCUT2D eigenvalue weighted by Gasteiger charge is 2.38. The second-order valence-electron chi connectivity index (χ2n) is 3.43. The van der Waals surface area contributed by atoms with Crippen LogP contribution >= 0.6 is 0 Å². The van der Waals surface area contributed by atoms with Gasteiger partial charge in [-0.15, -0.1) is 0 Å². The Bertz CT molecular complexity index is 191. The SMILES string of the molecule is CN1N=C(CO)C2CCCC21. The number of aliphatic hydroxyl groups is 1. The molecule has 1 saturated carbocycles. The van der Waals surface area contributed by atoms with E-state index in [2.05, 4.69) is 5.10 Å². The van der Waals surface area contributed by atoms with Gasteiger partial charge in [-0.2, -0.15) is 5.10 Å². The van der Waals surface area contributed by atoms with Crippen molar-refractivity contribution in [3.05, 3.63) is 0 Å². The van der Waals surface area contributed by atoms with Crippen LogP contribution in [0.5, 0.6) is 0 Å². The van der Waals surface area contributed by atoms with Crippen molar-refractivity contribution in [1.29, 1.82) is 0 Å². The summed E-state index contributed by atoms with van der Waals surface area (Å²) >= 11 is 0. The van der Waals surface area contributed by atoms with Crippen LogP contribution in [0, 0.1) is 5.92 Å². The average Bonchev–Trinajstić information content (AvgIpc) is 2.54. The zero-order valence-corrected chi connectivity index (χ0v) is 6.82. The van der Waals surface area contributed by atoms with E-state index in [4.69, 9.17) is 5.11 Å². The molecule has 2 aliphatic rings. The Kier molecular flexibility index (Phi) is 1.60. The molecule has 0 aromatic carbocycles. The van der Waals surface area contributed by atoms with E-state index in [1.165, 1.54) is 19.3 Å². The van der Waals surface area contributed by atoms with E-state index >= 15 is 0 Å². The van der Waals surface area contributed by atoms with Crippen LogP contribution in [0.15, 0.2) is 5.10 Å². The van der Waals surface area contributed by atoms with Gasteiger partial charge in [-0.1, -0.05) is 6.42 Å². The summed E-state index contributed by atoms with van der Waals surface area (Å²) in [5.41, 5.74) is 0.995. The smallest absolute Gasteiger partial charge is 0.0835 e. The minimum absolute atomic E-state index is 0.144. The van der Waals surface area contributed by atoms with Crippen molar-refractivity contribution in [2.75, 3.05) is 13.7 Å². The number of aliphatic hydroxyl groups excluding tert-OH is 1. The molecule has 0 bridgehead atoms. The Morgan fingerprint density at radius 3 is 3.18 bits per heavy atom. The summed E-state index contributed by atoms with van der Waals surface area (Å²) in [4.78, 5) is 0. The summed E-state index contributed by atoms with van der Waals surface area (Å²) in [5.74, 6) is 0.560. The highest BCUT2D eigenvalue weighted by molar-refractivity contribution is 5.89. The first-order valence-electron chi connectivity index (χ1n) is 4.24. The Morgan fingerprint density at radius 1 is 1.64 bits per heavy atom. The number of hydrazone groups is 1. The minimum Gasteiger partial charge on any atom is -0.390 e. The molecule has 2 rings (SSSR count). The highest BCUT2D eigenvalue weighted by Crippen LogP contribution is 2.34. The van der Waals surface area contributed by atoms with Gasteiger partial charge < -0.3 is 5.11 Å². The van der Waals surface area contributed by atoms with E-state index in [1.807, 2.05) is 12.1 Å². The van der Waals surface area contributed by atoms with Gasteiger partial charge in [0, 0.05) is 13.0 Å². The van der Waals surface area contributed by atoms with Gasteiger partial charge in [-0.25, -0.2) is 0 Å². The van der Waals surface area contributed by atoms with E-state index < -0.39 is 0 Å². The molecule has 1 N–H and O–H groups in total. The topological polar surface area (TPSA) is 35.8 Å². The molecular formula is C8H14N2O. The molecule has 3 nitrogen and oxygen atoms in total. The molecule has 1 fully saturated rings. The van der Waals surface area contributed by atoms with Gasteiger partial charge in [0.15, 0.2) is 0 Å². The molecule has 2 unspecified atom stereocenters. The summed E-state index contributed by atoms with van der Waals surface area (Å²) < 4.78 is 0. The average molecular weight is 154 g/mol. The number of hydrogen-bond acceptors (Lipinski definition) is 3. The zero-order valence-electron chi connectivity index (χ0n) is 6.82. The molecule has 1 aliphatic carbocycles. The number of rotatable bonds is 1. The first-order valence-corrected chi connectivity index (χ1v) is 4.24. The second-order valence-corrected chi connectivity index (χ2v) is 3.43. The molecule has 2 atom stereocenters. The number of hydrogen-bond donors (Lipinski definition) is 1. The Morgan fingerprint density at radius 2 is 2.45 bits per heavy atom. The lowest BCUT2D eigenvalue weighted by atomic mass is 10.00. The van der Waals surface area contributed by atoms with Crippen LogP contribution in [0.25, 0.3) is 0 Å².